The number of hydrogen-bond donors (Lipinski definition) is 1. The first-order valence-corrected chi connectivity index (χ1v) is 13.7. The van der Waals surface area contributed by atoms with Crippen LogP contribution in [-0.4, -0.2) is 36.1 Å². The number of hydrogen-bond acceptors (Lipinski definition) is 5. The predicted octanol–water partition coefficient (Wildman–Crippen LogP) is 5.86. The molecule has 2 fully saturated rings. The molecule has 0 radical (unpaired) electrons. The van der Waals surface area contributed by atoms with Crippen LogP contribution in [0.4, 0.5) is 0 Å². The number of aryl methyl sites for hydroxylation is 1. The van der Waals surface area contributed by atoms with Gasteiger partial charge in [0.1, 0.15) is 0 Å². The number of aromatic amines is 1. The van der Waals surface area contributed by atoms with Gasteiger partial charge in [0.15, 0.2) is 5.82 Å². The van der Waals surface area contributed by atoms with Crippen LogP contribution in [0.2, 0.25) is 0 Å². The molecule has 5 rings (SSSR count). The van der Waals surface area contributed by atoms with E-state index in [-0.39, 0.29) is 11.6 Å². The summed E-state index contributed by atoms with van der Waals surface area (Å²) in [5.41, 5.74) is 2.90. The largest absolute Gasteiger partial charge is 0.322 e. The molecule has 2 heterocycles. The van der Waals surface area contributed by atoms with Crippen molar-refractivity contribution in [2.45, 2.75) is 110 Å². The van der Waals surface area contributed by atoms with E-state index in [0.29, 0.717) is 24.5 Å². The zero-order valence-electron chi connectivity index (χ0n) is 21.5. The summed E-state index contributed by atoms with van der Waals surface area (Å²) >= 11 is 0. The number of tetrazole rings is 1. The van der Waals surface area contributed by atoms with Crippen LogP contribution in [0.3, 0.4) is 0 Å². The molecule has 35 heavy (non-hydrogen) atoms. The van der Waals surface area contributed by atoms with Gasteiger partial charge in [0.05, 0.1) is 12.1 Å². The molecule has 2 aromatic heterocycles. The van der Waals surface area contributed by atoms with Crippen molar-refractivity contribution in [1.82, 2.24) is 30.1 Å². The molecule has 2 saturated carbocycles. The standard InChI is InChI=1S/C28H40N6O/c1-19(2)26(27-30-31-32-34(27)24-12-8-5-9-13-24)33(23-10-6-4-7-11-23)18-22-17-21-15-14-20(3)16-25(21)29-28(22)35/h14-17,19,23-24,26H,4-13,18H2,1-3H3,(H,29,35). The number of nitrogens with zero attached hydrogens (tertiary/aromatic N) is 5. The van der Waals surface area contributed by atoms with Gasteiger partial charge in [0, 0.05) is 23.7 Å². The smallest absolute Gasteiger partial charge is 0.252 e. The van der Waals surface area contributed by atoms with E-state index in [1.807, 2.05) is 0 Å². The summed E-state index contributed by atoms with van der Waals surface area (Å²) in [6, 6.07) is 9.25. The van der Waals surface area contributed by atoms with Gasteiger partial charge in [0.2, 0.25) is 0 Å². The highest BCUT2D eigenvalue weighted by molar-refractivity contribution is 5.79. The minimum atomic E-state index is 0.0123. The fourth-order valence-corrected chi connectivity index (χ4v) is 6.35. The summed E-state index contributed by atoms with van der Waals surface area (Å²) < 4.78 is 2.13. The first-order chi connectivity index (χ1) is 17.0. The SMILES string of the molecule is Cc1ccc2cc(CN(C3CCCCC3)C(c3nnnn3C3CCCCC3)C(C)C)c(=O)[nH]c2c1. The average Bonchev–Trinajstić information content (AvgIpc) is 3.34. The Labute approximate surface area is 208 Å². The van der Waals surface area contributed by atoms with E-state index in [1.54, 1.807) is 0 Å². The van der Waals surface area contributed by atoms with E-state index in [2.05, 4.69) is 75.1 Å². The molecular formula is C28H40N6O. The lowest BCUT2D eigenvalue weighted by atomic mass is 9.89. The van der Waals surface area contributed by atoms with Gasteiger partial charge in [0.25, 0.3) is 5.56 Å². The minimum absolute atomic E-state index is 0.0123. The van der Waals surface area contributed by atoms with Crippen molar-refractivity contribution in [2.75, 3.05) is 0 Å². The number of nitrogens with one attached hydrogen (secondary N) is 1. The minimum Gasteiger partial charge on any atom is -0.322 e. The van der Waals surface area contributed by atoms with Crippen LogP contribution in [0, 0.1) is 12.8 Å². The van der Waals surface area contributed by atoms with Crippen LogP contribution in [0.5, 0.6) is 0 Å². The van der Waals surface area contributed by atoms with E-state index in [1.165, 1.54) is 51.4 Å². The van der Waals surface area contributed by atoms with Crippen molar-refractivity contribution < 1.29 is 0 Å². The number of pyridine rings is 1. The molecular weight excluding hydrogens is 436 g/mol. The molecule has 2 aliphatic carbocycles. The molecule has 7 nitrogen and oxygen atoms in total. The molecule has 0 saturated heterocycles. The fraction of sp³-hybridized carbons (Fsp3) is 0.643. The molecule has 0 aliphatic heterocycles. The van der Waals surface area contributed by atoms with Crippen molar-refractivity contribution >= 4 is 10.9 Å². The molecule has 2 aliphatic rings. The van der Waals surface area contributed by atoms with Crippen molar-refractivity contribution in [1.29, 1.82) is 0 Å². The van der Waals surface area contributed by atoms with Crippen LogP contribution in [0.1, 0.15) is 107 Å². The van der Waals surface area contributed by atoms with Gasteiger partial charge in [-0.1, -0.05) is 64.5 Å². The normalized spacial score (nSPS) is 19.1. The third-order valence-corrected chi connectivity index (χ3v) is 8.17. The Bertz CT molecular complexity index is 1190. The molecule has 1 N–H and O–H groups in total. The quantitative estimate of drug-likeness (QED) is 0.462. The lowest BCUT2D eigenvalue weighted by Gasteiger charge is -2.41. The third-order valence-electron chi connectivity index (χ3n) is 8.17. The van der Waals surface area contributed by atoms with Crippen LogP contribution in [0.25, 0.3) is 10.9 Å². The van der Waals surface area contributed by atoms with Crippen LogP contribution in [0.15, 0.2) is 29.1 Å². The van der Waals surface area contributed by atoms with Crippen molar-refractivity contribution in [2.24, 2.45) is 5.92 Å². The summed E-state index contributed by atoms with van der Waals surface area (Å²) in [6.07, 6.45) is 12.2. The molecule has 1 atom stereocenters. The van der Waals surface area contributed by atoms with E-state index < -0.39 is 0 Å². The third kappa shape index (κ3) is 5.20. The second kappa shape index (κ2) is 10.6. The Morgan fingerprint density at radius 2 is 1.74 bits per heavy atom. The molecule has 1 unspecified atom stereocenters. The number of rotatable bonds is 7. The Morgan fingerprint density at radius 3 is 2.46 bits per heavy atom. The number of benzene rings is 1. The summed E-state index contributed by atoms with van der Waals surface area (Å²) in [5, 5.41) is 14.4. The van der Waals surface area contributed by atoms with Gasteiger partial charge >= 0.3 is 0 Å². The van der Waals surface area contributed by atoms with Crippen LogP contribution < -0.4 is 5.56 Å². The second-order valence-corrected chi connectivity index (χ2v) is 11.1. The number of fused-ring (bicyclic) bond motifs is 1. The zero-order chi connectivity index (χ0) is 24.4. The van der Waals surface area contributed by atoms with Crippen molar-refractivity contribution in [3.8, 4) is 0 Å². The highest BCUT2D eigenvalue weighted by atomic mass is 16.1. The first-order valence-electron chi connectivity index (χ1n) is 13.7. The van der Waals surface area contributed by atoms with Gasteiger partial charge < -0.3 is 4.98 Å². The molecule has 0 bridgehead atoms. The van der Waals surface area contributed by atoms with Crippen LogP contribution >= 0.6 is 0 Å². The predicted molar refractivity (Wildman–Crippen MR) is 139 cm³/mol. The zero-order valence-corrected chi connectivity index (χ0v) is 21.5. The average molecular weight is 477 g/mol. The Balaban J connectivity index is 1.54. The monoisotopic (exact) mass is 476 g/mol. The van der Waals surface area contributed by atoms with E-state index >= 15 is 0 Å². The van der Waals surface area contributed by atoms with E-state index in [0.717, 1.165) is 40.7 Å². The van der Waals surface area contributed by atoms with E-state index in [4.69, 9.17) is 0 Å². The van der Waals surface area contributed by atoms with Crippen LogP contribution in [-0.2, 0) is 6.54 Å². The summed E-state index contributed by atoms with van der Waals surface area (Å²) in [6.45, 7) is 7.21. The summed E-state index contributed by atoms with van der Waals surface area (Å²) in [5.74, 6) is 1.30. The fourth-order valence-electron chi connectivity index (χ4n) is 6.35. The maximum Gasteiger partial charge on any atom is 0.252 e. The van der Waals surface area contributed by atoms with Crippen molar-refractivity contribution in [3.05, 3.63) is 51.6 Å². The van der Waals surface area contributed by atoms with Gasteiger partial charge in [-0.05, 0) is 72.0 Å². The Kier molecular flexibility index (Phi) is 7.32. The molecule has 188 valence electrons. The maximum absolute atomic E-state index is 13.2. The molecule has 0 amide bonds. The van der Waals surface area contributed by atoms with Gasteiger partial charge in [-0.3, -0.25) is 9.69 Å². The maximum atomic E-state index is 13.2. The molecule has 3 aromatic rings. The van der Waals surface area contributed by atoms with Crippen molar-refractivity contribution in [3.63, 3.8) is 0 Å². The number of H-pyrrole nitrogens is 1. The second-order valence-electron chi connectivity index (χ2n) is 11.1. The summed E-state index contributed by atoms with van der Waals surface area (Å²) in [7, 11) is 0. The van der Waals surface area contributed by atoms with E-state index in [9.17, 15) is 4.79 Å². The van der Waals surface area contributed by atoms with Gasteiger partial charge in [-0.25, -0.2) is 4.68 Å². The lowest BCUT2D eigenvalue weighted by Crippen LogP contribution is -2.43. The Hall–Kier alpha value is -2.54. The lowest BCUT2D eigenvalue weighted by molar-refractivity contribution is 0.0590. The molecule has 1 aromatic carbocycles. The summed E-state index contributed by atoms with van der Waals surface area (Å²) in [4.78, 5) is 18.9. The van der Waals surface area contributed by atoms with Gasteiger partial charge in [-0.2, -0.15) is 0 Å². The topological polar surface area (TPSA) is 79.7 Å². The van der Waals surface area contributed by atoms with Gasteiger partial charge in [-0.15, -0.1) is 5.10 Å². The Morgan fingerprint density at radius 1 is 1.03 bits per heavy atom. The molecule has 7 heteroatoms. The highest BCUT2D eigenvalue weighted by Gasteiger charge is 2.36. The first kappa shape index (κ1) is 24.2. The number of aromatic nitrogens is 5. The highest BCUT2D eigenvalue weighted by Crippen LogP contribution is 2.37. The molecule has 0 spiro atoms.